The zero-order chi connectivity index (χ0) is 13.9. The highest BCUT2D eigenvalue weighted by Crippen LogP contribution is 2.38. The average molecular weight is 277 g/mol. The summed E-state index contributed by atoms with van der Waals surface area (Å²) in [6, 6.07) is 5.70. The van der Waals surface area contributed by atoms with E-state index in [-0.39, 0.29) is 5.82 Å². The summed E-state index contributed by atoms with van der Waals surface area (Å²) in [5.74, 6) is 1.38. The third-order valence-corrected chi connectivity index (χ3v) is 4.02. The van der Waals surface area contributed by atoms with Gasteiger partial charge in [0.05, 0.1) is 7.11 Å². The van der Waals surface area contributed by atoms with Crippen LogP contribution < -0.4 is 15.4 Å². The first-order valence-electron chi connectivity index (χ1n) is 7.14. The summed E-state index contributed by atoms with van der Waals surface area (Å²) in [5.41, 5.74) is 1.06. The molecule has 0 aromatic heterocycles. The van der Waals surface area contributed by atoms with Crippen LogP contribution in [0.25, 0.3) is 0 Å². The first-order valence-corrected chi connectivity index (χ1v) is 7.14. The number of benzene rings is 1. The van der Waals surface area contributed by atoms with Crippen LogP contribution in [0.15, 0.2) is 23.2 Å². The number of halogens is 1. The van der Waals surface area contributed by atoms with E-state index in [1.807, 2.05) is 6.07 Å². The highest BCUT2D eigenvalue weighted by Gasteiger charge is 2.31. The lowest BCUT2D eigenvalue weighted by atomic mass is 9.76. The number of hydrogen-bond acceptors (Lipinski definition) is 4. The number of methoxy groups -OCH3 is 1. The highest BCUT2D eigenvalue weighted by atomic mass is 19.1. The molecule has 1 aliphatic carbocycles. The van der Waals surface area contributed by atoms with Crippen LogP contribution in [0, 0.1) is 5.82 Å². The molecule has 1 fully saturated rings. The molecule has 1 aromatic carbocycles. The topological polar surface area (TPSA) is 45.6 Å². The van der Waals surface area contributed by atoms with Crippen molar-refractivity contribution in [2.75, 3.05) is 20.2 Å². The molecule has 5 heteroatoms. The molecule has 0 atom stereocenters. The Bertz CT molecular complexity index is 512. The number of rotatable bonds is 3. The Morgan fingerprint density at radius 2 is 2.25 bits per heavy atom. The Labute approximate surface area is 118 Å². The van der Waals surface area contributed by atoms with E-state index in [9.17, 15) is 4.39 Å². The smallest absolute Gasteiger partial charge is 0.191 e. The minimum atomic E-state index is -0.278. The van der Waals surface area contributed by atoms with E-state index in [0.29, 0.717) is 17.7 Å². The van der Waals surface area contributed by atoms with Gasteiger partial charge in [-0.25, -0.2) is 4.39 Å². The molecule has 1 heterocycles. The van der Waals surface area contributed by atoms with Crippen molar-refractivity contribution in [2.24, 2.45) is 4.99 Å². The van der Waals surface area contributed by atoms with Crippen LogP contribution in [-0.2, 0) is 0 Å². The average Bonchev–Trinajstić information content (AvgIpc) is 2.43. The van der Waals surface area contributed by atoms with Gasteiger partial charge in [-0.15, -0.1) is 0 Å². The molecule has 4 nitrogen and oxygen atoms in total. The SMILES string of the molecule is COc1ccc(C2CC(NC3=NCCCN3)C2)cc1F. The molecule has 0 radical (unpaired) electrons. The van der Waals surface area contributed by atoms with Crippen molar-refractivity contribution in [2.45, 2.75) is 31.2 Å². The standard InChI is InChI=1S/C15H20FN3O/c1-20-14-4-3-10(9-13(14)16)11-7-12(8-11)19-15-17-5-2-6-18-15/h3-4,9,11-12H,2,5-8H2,1H3,(H2,17,18,19). The monoisotopic (exact) mass is 277 g/mol. The van der Waals surface area contributed by atoms with Crippen molar-refractivity contribution in [1.82, 2.24) is 10.6 Å². The van der Waals surface area contributed by atoms with Crippen LogP contribution in [0.1, 0.15) is 30.7 Å². The predicted molar refractivity (Wildman–Crippen MR) is 76.8 cm³/mol. The predicted octanol–water partition coefficient (Wildman–Crippen LogP) is 2.02. The zero-order valence-electron chi connectivity index (χ0n) is 11.7. The highest BCUT2D eigenvalue weighted by molar-refractivity contribution is 5.80. The summed E-state index contributed by atoms with van der Waals surface area (Å²) in [5, 5.41) is 6.67. The van der Waals surface area contributed by atoms with Gasteiger partial charge in [0, 0.05) is 19.1 Å². The van der Waals surface area contributed by atoms with Gasteiger partial charge in [0.15, 0.2) is 17.5 Å². The van der Waals surface area contributed by atoms with Crippen molar-refractivity contribution in [3.63, 3.8) is 0 Å². The molecule has 1 aromatic rings. The van der Waals surface area contributed by atoms with Crippen LogP contribution >= 0.6 is 0 Å². The number of hydrogen-bond donors (Lipinski definition) is 2. The molecule has 0 unspecified atom stereocenters. The summed E-state index contributed by atoms with van der Waals surface area (Å²) in [6.07, 6.45) is 3.14. The molecule has 20 heavy (non-hydrogen) atoms. The lowest BCUT2D eigenvalue weighted by Crippen LogP contribution is -2.50. The molecule has 2 aliphatic rings. The summed E-state index contributed by atoms with van der Waals surface area (Å²) >= 11 is 0. The molecule has 0 spiro atoms. The van der Waals surface area contributed by atoms with Crippen molar-refractivity contribution in [3.8, 4) is 5.75 Å². The molecule has 2 N–H and O–H groups in total. The quantitative estimate of drug-likeness (QED) is 0.888. The third-order valence-electron chi connectivity index (χ3n) is 4.02. The molecular weight excluding hydrogens is 257 g/mol. The maximum atomic E-state index is 13.7. The van der Waals surface area contributed by atoms with E-state index in [2.05, 4.69) is 15.6 Å². The Kier molecular flexibility index (Phi) is 3.76. The van der Waals surface area contributed by atoms with Crippen LogP contribution in [0.3, 0.4) is 0 Å². The normalized spacial score (nSPS) is 25.2. The Balaban J connectivity index is 1.54. The van der Waals surface area contributed by atoms with Crippen LogP contribution in [0.5, 0.6) is 5.75 Å². The molecule has 1 aliphatic heterocycles. The van der Waals surface area contributed by atoms with Gasteiger partial charge in [0.1, 0.15) is 0 Å². The third kappa shape index (κ3) is 2.71. The van der Waals surface area contributed by atoms with E-state index in [4.69, 9.17) is 4.74 Å². The number of ether oxygens (including phenoxy) is 1. The van der Waals surface area contributed by atoms with Gasteiger partial charge in [-0.1, -0.05) is 6.07 Å². The van der Waals surface area contributed by atoms with Crippen LogP contribution in [0.2, 0.25) is 0 Å². The van der Waals surface area contributed by atoms with E-state index in [1.54, 1.807) is 12.1 Å². The fourth-order valence-electron chi connectivity index (χ4n) is 2.77. The first-order chi connectivity index (χ1) is 9.76. The van der Waals surface area contributed by atoms with Crippen LogP contribution in [0.4, 0.5) is 4.39 Å². The fraction of sp³-hybridized carbons (Fsp3) is 0.533. The van der Waals surface area contributed by atoms with Crippen molar-refractivity contribution < 1.29 is 9.13 Å². The second-order valence-electron chi connectivity index (χ2n) is 5.41. The minimum absolute atomic E-state index is 0.278. The second kappa shape index (κ2) is 5.69. The molecule has 1 saturated carbocycles. The van der Waals surface area contributed by atoms with Gasteiger partial charge in [-0.2, -0.15) is 0 Å². The Morgan fingerprint density at radius 1 is 1.40 bits per heavy atom. The number of guanidine groups is 1. The second-order valence-corrected chi connectivity index (χ2v) is 5.41. The molecule has 0 amide bonds. The number of nitrogens with one attached hydrogen (secondary N) is 2. The zero-order valence-corrected chi connectivity index (χ0v) is 11.7. The van der Waals surface area contributed by atoms with Crippen molar-refractivity contribution in [3.05, 3.63) is 29.6 Å². The van der Waals surface area contributed by atoms with Gasteiger partial charge in [0.2, 0.25) is 0 Å². The fourth-order valence-corrected chi connectivity index (χ4v) is 2.77. The summed E-state index contributed by atoms with van der Waals surface area (Å²) < 4.78 is 18.6. The Hall–Kier alpha value is -1.78. The maximum Gasteiger partial charge on any atom is 0.191 e. The minimum Gasteiger partial charge on any atom is -0.494 e. The number of nitrogens with zero attached hydrogens (tertiary/aromatic N) is 1. The van der Waals surface area contributed by atoms with Crippen molar-refractivity contribution in [1.29, 1.82) is 0 Å². The molecule has 0 bridgehead atoms. The van der Waals surface area contributed by atoms with Crippen molar-refractivity contribution >= 4 is 5.96 Å². The molecular formula is C15H20FN3O. The summed E-state index contributed by atoms with van der Waals surface area (Å²) in [6.45, 7) is 1.89. The summed E-state index contributed by atoms with van der Waals surface area (Å²) in [4.78, 5) is 4.40. The lowest BCUT2D eigenvalue weighted by Gasteiger charge is -2.37. The van der Waals surface area contributed by atoms with Crippen LogP contribution in [-0.4, -0.2) is 32.2 Å². The first kappa shape index (κ1) is 13.2. The molecule has 0 saturated heterocycles. The maximum absolute atomic E-state index is 13.7. The Morgan fingerprint density at radius 3 is 2.90 bits per heavy atom. The van der Waals surface area contributed by atoms with E-state index in [1.165, 1.54) is 7.11 Å². The van der Waals surface area contributed by atoms with Gasteiger partial charge in [0.25, 0.3) is 0 Å². The molecule has 3 rings (SSSR count). The van der Waals surface area contributed by atoms with E-state index in [0.717, 1.165) is 43.9 Å². The summed E-state index contributed by atoms with van der Waals surface area (Å²) in [7, 11) is 1.49. The van der Waals surface area contributed by atoms with Gasteiger partial charge in [-0.3, -0.25) is 4.99 Å². The largest absolute Gasteiger partial charge is 0.494 e. The van der Waals surface area contributed by atoms with Gasteiger partial charge in [-0.05, 0) is 42.9 Å². The number of aliphatic imine (C=N–C) groups is 1. The lowest BCUT2D eigenvalue weighted by molar-refractivity contribution is 0.319. The molecule has 108 valence electrons. The van der Waals surface area contributed by atoms with E-state index < -0.39 is 0 Å². The van der Waals surface area contributed by atoms with Gasteiger partial charge < -0.3 is 15.4 Å². The van der Waals surface area contributed by atoms with E-state index >= 15 is 0 Å². The van der Waals surface area contributed by atoms with Gasteiger partial charge >= 0.3 is 0 Å².